The van der Waals surface area contributed by atoms with Crippen LogP contribution >= 0.6 is 0 Å². The molecule has 0 bridgehead atoms. The molecule has 0 amide bonds. The van der Waals surface area contributed by atoms with Crippen LogP contribution in [0.25, 0.3) is 5.57 Å². The van der Waals surface area contributed by atoms with Crippen LogP contribution in [0.5, 0.6) is 0 Å². The highest BCUT2D eigenvalue weighted by Gasteiger charge is 2.37. The van der Waals surface area contributed by atoms with Gasteiger partial charge in [-0.05, 0) is 105 Å². The highest BCUT2D eigenvalue weighted by atomic mass is 14.9. The quantitative estimate of drug-likeness (QED) is 0.521. The summed E-state index contributed by atoms with van der Waals surface area (Å²) in [6.45, 7) is 20.9. The van der Waals surface area contributed by atoms with Gasteiger partial charge in [-0.15, -0.1) is 0 Å². The molecule has 0 spiro atoms. The maximum atomic E-state index is 3.28. The van der Waals surface area contributed by atoms with E-state index in [1.807, 2.05) is 0 Å². The third kappa shape index (κ3) is 5.38. The molecule has 3 rings (SSSR count). The number of rotatable bonds is 2. The third-order valence-corrected chi connectivity index (χ3v) is 6.81. The summed E-state index contributed by atoms with van der Waals surface area (Å²) in [4.78, 5) is 0. The smallest absolute Gasteiger partial charge is 0.00489 e. The van der Waals surface area contributed by atoms with Crippen molar-refractivity contribution < 1.29 is 0 Å². The van der Waals surface area contributed by atoms with E-state index in [4.69, 9.17) is 0 Å². The summed E-state index contributed by atoms with van der Waals surface area (Å²) in [7, 11) is 0. The molecular formula is C27H43N. The highest BCUT2D eigenvalue weighted by molar-refractivity contribution is 5.79. The van der Waals surface area contributed by atoms with Gasteiger partial charge in [-0.3, -0.25) is 0 Å². The lowest BCUT2D eigenvalue weighted by atomic mass is 9.63. The molecule has 1 aliphatic heterocycles. The van der Waals surface area contributed by atoms with Crippen LogP contribution in [0, 0.1) is 0 Å². The molecule has 0 radical (unpaired) electrons. The van der Waals surface area contributed by atoms with Crippen LogP contribution in [-0.2, 0) is 10.8 Å². The molecule has 0 atom stereocenters. The molecule has 1 nitrogen and oxygen atoms in total. The van der Waals surface area contributed by atoms with E-state index < -0.39 is 0 Å². The summed E-state index contributed by atoms with van der Waals surface area (Å²) in [6, 6.07) is 7.16. The standard InChI is InChI=1S/C22H32.C5H11N/c1-9-18(16(4)15(2)3)17-10-11-19-20(14-17)22(7,8)13-12-21(19,5)6;1-2-4-6-5-3-1/h9-11,14H,12-13H2,1-8H3;6H,1-5H2/b18-9+;. The summed E-state index contributed by atoms with van der Waals surface area (Å²) < 4.78 is 0. The van der Waals surface area contributed by atoms with Crippen molar-refractivity contribution in [2.45, 2.75) is 98.3 Å². The first kappa shape index (κ1) is 22.9. The first-order valence-electron chi connectivity index (χ1n) is 11.3. The van der Waals surface area contributed by atoms with Crippen LogP contribution in [0.1, 0.15) is 104 Å². The number of hydrogen-bond acceptors (Lipinski definition) is 1. The van der Waals surface area contributed by atoms with Crippen LogP contribution in [0.3, 0.4) is 0 Å². The van der Waals surface area contributed by atoms with E-state index in [9.17, 15) is 0 Å². The number of benzene rings is 1. The van der Waals surface area contributed by atoms with Gasteiger partial charge in [-0.2, -0.15) is 0 Å². The summed E-state index contributed by atoms with van der Waals surface area (Å²) in [5, 5.41) is 3.28. The van der Waals surface area contributed by atoms with E-state index in [2.05, 4.69) is 85.0 Å². The lowest BCUT2D eigenvalue weighted by Gasteiger charge is -2.42. The molecule has 2 aliphatic rings. The molecule has 1 fully saturated rings. The first-order valence-corrected chi connectivity index (χ1v) is 11.3. The molecule has 0 aromatic heterocycles. The number of nitrogens with one attached hydrogen (secondary N) is 1. The summed E-state index contributed by atoms with van der Waals surface area (Å²) in [5.41, 5.74) is 9.19. The Hall–Kier alpha value is -1.34. The fourth-order valence-electron chi connectivity index (χ4n) is 4.43. The number of allylic oxidation sites excluding steroid dienone is 4. The van der Waals surface area contributed by atoms with Crippen molar-refractivity contribution in [3.8, 4) is 0 Å². The van der Waals surface area contributed by atoms with Gasteiger partial charge in [0.05, 0.1) is 0 Å². The summed E-state index contributed by atoms with van der Waals surface area (Å²) >= 11 is 0. The zero-order valence-electron chi connectivity index (χ0n) is 19.8. The highest BCUT2D eigenvalue weighted by Crippen LogP contribution is 2.46. The zero-order chi connectivity index (χ0) is 20.9. The van der Waals surface area contributed by atoms with Crippen molar-refractivity contribution >= 4 is 5.57 Å². The molecular weight excluding hydrogens is 338 g/mol. The molecule has 1 heterocycles. The van der Waals surface area contributed by atoms with Crippen molar-refractivity contribution in [2.75, 3.05) is 13.1 Å². The second kappa shape index (κ2) is 9.44. The normalized spacial score (nSPS) is 20.5. The second-order valence-corrected chi connectivity index (χ2v) is 10.2. The van der Waals surface area contributed by atoms with E-state index >= 15 is 0 Å². The van der Waals surface area contributed by atoms with Gasteiger partial charge in [0, 0.05) is 0 Å². The molecule has 1 saturated heterocycles. The molecule has 1 aromatic rings. The maximum Gasteiger partial charge on any atom is -0.00489 e. The van der Waals surface area contributed by atoms with Gasteiger partial charge in [0.2, 0.25) is 0 Å². The fourth-order valence-corrected chi connectivity index (χ4v) is 4.43. The summed E-state index contributed by atoms with van der Waals surface area (Å²) in [6.07, 6.45) is 9.01. The molecule has 1 aromatic carbocycles. The molecule has 156 valence electrons. The van der Waals surface area contributed by atoms with Crippen molar-refractivity contribution in [3.05, 3.63) is 52.1 Å². The lowest BCUT2D eigenvalue weighted by molar-refractivity contribution is 0.332. The SMILES string of the molecule is C/C=C(\C(C)=C(C)C)c1ccc2c(c1)C(C)(C)CCC2(C)C.C1CCNCC1. The largest absolute Gasteiger partial charge is 0.317 e. The van der Waals surface area contributed by atoms with E-state index in [1.54, 1.807) is 5.56 Å². The Morgan fingerprint density at radius 3 is 1.86 bits per heavy atom. The lowest BCUT2D eigenvalue weighted by Crippen LogP contribution is -2.33. The van der Waals surface area contributed by atoms with Crippen molar-refractivity contribution in [1.29, 1.82) is 0 Å². The maximum absolute atomic E-state index is 3.28. The minimum absolute atomic E-state index is 0.276. The van der Waals surface area contributed by atoms with Gasteiger partial charge in [0.1, 0.15) is 0 Å². The first-order chi connectivity index (χ1) is 13.1. The molecule has 1 aliphatic carbocycles. The van der Waals surface area contributed by atoms with Crippen LogP contribution in [0.4, 0.5) is 0 Å². The van der Waals surface area contributed by atoms with Crippen LogP contribution in [-0.4, -0.2) is 13.1 Å². The van der Waals surface area contributed by atoms with Gasteiger partial charge in [-0.25, -0.2) is 0 Å². The van der Waals surface area contributed by atoms with Gasteiger partial charge in [-0.1, -0.05) is 64.0 Å². The zero-order valence-corrected chi connectivity index (χ0v) is 19.8. The molecule has 1 heteroatoms. The fraction of sp³-hybridized carbons (Fsp3) is 0.630. The van der Waals surface area contributed by atoms with E-state index in [0.29, 0.717) is 5.41 Å². The topological polar surface area (TPSA) is 12.0 Å². The Bertz CT molecular complexity index is 711. The summed E-state index contributed by atoms with van der Waals surface area (Å²) in [5.74, 6) is 0. The van der Waals surface area contributed by atoms with Crippen molar-refractivity contribution in [3.63, 3.8) is 0 Å². The Labute approximate surface area is 174 Å². The van der Waals surface area contributed by atoms with Crippen LogP contribution in [0.2, 0.25) is 0 Å². The van der Waals surface area contributed by atoms with Gasteiger partial charge in [0.15, 0.2) is 0 Å². The van der Waals surface area contributed by atoms with Crippen molar-refractivity contribution in [2.24, 2.45) is 0 Å². The van der Waals surface area contributed by atoms with E-state index in [-0.39, 0.29) is 5.41 Å². The average molecular weight is 382 g/mol. The van der Waals surface area contributed by atoms with E-state index in [0.717, 1.165) is 0 Å². The number of hydrogen-bond donors (Lipinski definition) is 1. The monoisotopic (exact) mass is 381 g/mol. The minimum Gasteiger partial charge on any atom is -0.317 e. The second-order valence-electron chi connectivity index (χ2n) is 10.2. The van der Waals surface area contributed by atoms with Crippen molar-refractivity contribution in [1.82, 2.24) is 5.32 Å². The van der Waals surface area contributed by atoms with Gasteiger partial charge < -0.3 is 5.32 Å². The molecule has 0 unspecified atom stereocenters. The molecule has 28 heavy (non-hydrogen) atoms. The van der Waals surface area contributed by atoms with Gasteiger partial charge >= 0.3 is 0 Å². The molecule has 1 N–H and O–H groups in total. The Balaban J connectivity index is 0.000000397. The average Bonchev–Trinajstić information content (AvgIpc) is 2.68. The number of piperidine rings is 1. The Morgan fingerprint density at radius 2 is 1.43 bits per heavy atom. The third-order valence-electron chi connectivity index (χ3n) is 6.81. The number of fused-ring (bicyclic) bond motifs is 1. The van der Waals surface area contributed by atoms with Crippen LogP contribution in [0.15, 0.2) is 35.4 Å². The van der Waals surface area contributed by atoms with E-state index in [1.165, 1.54) is 73.0 Å². The predicted molar refractivity (Wildman–Crippen MR) is 126 cm³/mol. The predicted octanol–water partition coefficient (Wildman–Crippen LogP) is 7.56. The Morgan fingerprint density at radius 1 is 0.857 bits per heavy atom. The van der Waals surface area contributed by atoms with Gasteiger partial charge in [0.25, 0.3) is 0 Å². The minimum atomic E-state index is 0.276. The Kier molecular flexibility index (Phi) is 7.73. The molecule has 0 saturated carbocycles. The van der Waals surface area contributed by atoms with Crippen LogP contribution < -0.4 is 5.32 Å².